The molecule has 1 aliphatic rings. The van der Waals surface area contributed by atoms with E-state index in [1.807, 2.05) is 18.2 Å². The van der Waals surface area contributed by atoms with Crippen LogP contribution in [0.3, 0.4) is 0 Å². The Bertz CT molecular complexity index is 1240. The number of anilines is 1. The number of ketones is 1. The average molecular weight is 460 g/mol. The predicted molar refractivity (Wildman–Crippen MR) is 126 cm³/mol. The van der Waals surface area contributed by atoms with E-state index < -0.39 is 0 Å². The van der Waals surface area contributed by atoms with Gasteiger partial charge in [-0.05, 0) is 67.1 Å². The molecule has 1 aromatic carbocycles. The van der Waals surface area contributed by atoms with Gasteiger partial charge in [-0.15, -0.1) is 0 Å². The number of benzene rings is 1. The van der Waals surface area contributed by atoms with Gasteiger partial charge < -0.3 is 10.6 Å². The van der Waals surface area contributed by atoms with Crippen LogP contribution >= 0.6 is 11.6 Å². The van der Waals surface area contributed by atoms with Gasteiger partial charge in [0.25, 0.3) is 5.91 Å². The largest absolute Gasteiger partial charge is 0.374 e. The number of carbonyl (C=O) groups is 2. The second-order valence-electron chi connectivity index (χ2n) is 8.04. The standard InChI is InChI=1S/C25H22ClN5O2/c1-15(32)24(17-4-5-17)31-22-7-6-18(10-21(22)26)20-9-16(12-29-23(20)11-27)13-30-25(33)19-3-2-8-28-14-19/h2-3,6-10,12,14,17,24,31H,4-5,13H2,1H3,(H,30,33). The molecule has 33 heavy (non-hydrogen) atoms. The second-order valence-corrected chi connectivity index (χ2v) is 8.45. The summed E-state index contributed by atoms with van der Waals surface area (Å²) in [7, 11) is 0. The Balaban J connectivity index is 1.54. The van der Waals surface area contributed by atoms with Crippen molar-refractivity contribution in [2.45, 2.75) is 32.4 Å². The molecule has 0 bridgehead atoms. The van der Waals surface area contributed by atoms with Gasteiger partial charge in [-0.2, -0.15) is 5.26 Å². The molecule has 2 heterocycles. The summed E-state index contributed by atoms with van der Waals surface area (Å²) in [5.41, 5.74) is 3.48. The first-order valence-electron chi connectivity index (χ1n) is 10.6. The van der Waals surface area contributed by atoms with Gasteiger partial charge in [0.05, 0.1) is 22.3 Å². The van der Waals surface area contributed by atoms with E-state index in [4.69, 9.17) is 11.6 Å². The number of amides is 1. The van der Waals surface area contributed by atoms with Crippen LogP contribution in [0.4, 0.5) is 5.69 Å². The number of Topliss-reactive ketones (excluding diaryl/α,β-unsaturated/α-hetero) is 1. The van der Waals surface area contributed by atoms with Crippen LogP contribution < -0.4 is 10.6 Å². The molecule has 2 aromatic heterocycles. The zero-order chi connectivity index (χ0) is 23.4. The number of aromatic nitrogens is 2. The Kier molecular flexibility index (Phi) is 6.66. The number of rotatable bonds is 8. The maximum Gasteiger partial charge on any atom is 0.253 e. The van der Waals surface area contributed by atoms with Crippen molar-refractivity contribution in [3.05, 3.63) is 76.8 Å². The number of halogens is 1. The number of carbonyl (C=O) groups excluding carboxylic acids is 2. The molecule has 0 spiro atoms. The van der Waals surface area contributed by atoms with Gasteiger partial charge in [0.1, 0.15) is 11.8 Å². The SMILES string of the molecule is CC(=O)C(Nc1ccc(-c2cc(CNC(=O)c3cccnc3)cnc2C#N)cc1Cl)C1CC1. The Morgan fingerprint density at radius 2 is 2.06 bits per heavy atom. The van der Waals surface area contributed by atoms with E-state index in [-0.39, 0.29) is 30.0 Å². The van der Waals surface area contributed by atoms with Crippen LogP contribution in [0.1, 0.15) is 41.4 Å². The lowest BCUT2D eigenvalue weighted by Crippen LogP contribution is -2.29. The Morgan fingerprint density at radius 3 is 2.70 bits per heavy atom. The summed E-state index contributed by atoms with van der Waals surface area (Å²) >= 11 is 6.52. The van der Waals surface area contributed by atoms with Crippen LogP contribution in [-0.4, -0.2) is 27.7 Å². The molecular weight excluding hydrogens is 438 g/mol. The van der Waals surface area contributed by atoms with E-state index in [9.17, 15) is 14.9 Å². The van der Waals surface area contributed by atoms with Gasteiger partial charge in [0, 0.05) is 30.7 Å². The van der Waals surface area contributed by atoms with E-state index in [0.717, 1.165) is 24.0 Å². The predicted octanol–water partition coefficient (Wildman–Crippen LogP) is 4.38. The van der Waals surface area contributed by atoms with Crippen LogP contribution in [0.2, 0.25) is 5.02 Å². The summed E-state index contributed by atoms with van der Waals surface area (Å²) in [6.07, 6.45) is 6.74. The van der Waals surface area contributed by atoms with Crippen molar-refractivity contribution in [3.8, 4) is 17.2 Å². The Morgan fingerprint density at radius 1 is 1.24 bits per heavy atom. The van der Waals surface area contributed by atoms with E-state index in [2.05, 4.69) is 26.7 Å². The van der Waals surface area contributed by atoms with E-state index in [1.165, 1.54) is 6.20 Å². The molecule has 0 saturated heterocycles. The highest BCUT2D eigenvalue weighted by atomic mass is 35.5. The minimum atomic E-state index is -0.247. The molecule has 0 aliphatic heterocycles. The molecule has 4 rings (SSSR count). The number of nitriles is 1. The third kappa shape index (κ3) is 5.36. The molecule has 7 nitrogen and oxygen atoms in total. The van der Waals surface area contributed by atoms with Crippen molar-refractivity contribution in [2.24, 2.45) is 5.92 Å². The summed E-state index contributed by atoms with van der Waals surface area (Å²) in [5, 5.41) is 16.1. The zero-order valence-corrected chi connectivity index (χ0v) is 18.8. The molecule has 8 heteroatoms. The van der Waals surface area contributed by atoms with Crippen molar-refractivity contribution >= 4 is 29.0 Å². The monoisotopic (exact) mass is 459 g/mol. The average Bonchev–Trinajstić information content (AvgIpc) is 3.67. The highest BCUT2D eigenvalue weighted by molar-refractivity contribution is 6.33. The molecule has 0 radical (unpaired) electrons. The van der Waals surface area contributed by atoms with Crippen LogP contribution in [0.15, 0.2) is 55.0 Å². The van der Waals surface area contributed by atoms with Gasteiger partial charge in [-0.3, -0.25) is 14.6 Å². The van der Waals surface area contributed by atoms with Crippen molar-refractivity contribution in [1.29, 1.82) is 5.26 Å². The summed E-state index contributed by atoms with van der Waals surface area (Å²) in [6.45, 7) is 1.83. The second kappa shape index (κ2) is 9.80. The Labute approximate surface area is 196 Å². The smallest absolute Gasteiger partial charge is 0.253 e. The lowest BCUT2D eigenvalue weighted by atomic mass is 10.0. The zero-order valence-electron chi connectivity index (χ0n) is 18.0. The number of hydrogen-bond donors (Lipinski definition) is 2. The first kappa shape index (κ1) is 22.4. The van der Waals surface area contributed by atoms with Crippen LogP contribution in [0.5, 0.6) is 0 Å². The minimum absolute atomic E-state index is 0.0923. The quantitative estimate of drug-likeness (QED) is 0.517. The third-order valence-corrected chi connectivity index (χ3v) is 5.86. The van der Waals surface area contributed by atoms with Crippen LogP contribution in [-0.2, 0) is 11.3 Å². The first-order valence-corrected chi connectivity index (χ1v) is 11.0. The molecule has 1 saturated carbocycles. The summed E-state index contributed by atoms with van der Waals surface area (Å²) in [4.78, 5) is 32.5. The lowest BCUT2D eigenvalue weighted by molar-refractivity contribution is -0.118. The van der Waals surface area contributed by atoms with Crippen LogP contribution in [0.25, 0.3) is 11.1 Å². The van der Waals surface area contributed by atoms with Gasteiger partial charge in [0.2, 0.25) is 0 Å². The van der Waals surface area contributed by atoms with Gasteiger partial charge in [-0.1, -0.05) is 17.7 Å². The lowest BCUT2D eigenvalue weighted by Gasteiger charge is -2.18. The fourth-order valence-electron chi connectivity index (χ4n) is 3.64. The molecule has 3 aromatic rings. The molecule has 1 atom stereocenters. The van der Waals surface area contributed by atoms with Gasteiger partial charge >= 0.3 is 0 Å². The van der Waals surface area contributed by atoms with Crippen molar-refractivity contribution in [3.63, 3.8) is 0 Å². The molecule has 1 unspecified atom stereocenters. The van der Waals surface area contributed by atoms with Crippen molar-refractivity contribution in [2.75, 3.05) is 5.32 Å². The summed E-state index contributed by atoms with van der Waals surface area (Å²) < 4.78 is 0. The molecule has 166 valence electrons. The fraction of sp³-hybridized carbons (Fsp3) is 0.240. The van der Waals surface area contributed by atoms with E-state index >= 15 is 0 Å². The number of hydrogen-bond acceptors (Lipinski definition) is 6. The van der Waals surface area contributed by atoms with Crippen molar-refractivity contribution < 1.29 is 9.59 Å². The summed E-state index contributed by atoms with van der Waals surface area (Å²) in [6, 6.07) is 12.5. The third-order valence-electron chi connectivity index (χ3n) is 5.55. The first-order chi connectivity index (χ1) is 16.0. The molecule has 2 N–H and O–H groups in total. The summed E-state index contributed by atoms with van der Waals surface area (Å²) in [5.74, 6) is 0.198. The molecule has 1 amide bonds. The van der Waals surface area contributed by atoms with Crippen molar-refractivity contribution in [1.82, 2.24) is 15.3 Å². The Hall–Kier alpha value is -3.76. The van der Waals surface area contributed by atoms with Gasteiger partial charge in [-0.25, -0.2) is 4.98 Å². The molecular formula is C25H22ClN5O2. The maximum atomic E-state index is 12.3. The van der Waals surface area contributed by atoms with Gasteiger partial charge in [0.15, 0.2) is 5.78 Å². The van der Waals surface area contributed by atoms with E-state index in [0.29, 0.717) is 27.8 Å². The van der Waals surface area contributed by atoms with E-state index in [1.54, 1.807) is 37.5 Å². The fourth-order valence-corrected chi connectivity index (χ4v) is 3.88. The highest BCUT2D eigenvalue weighted by Gasteiger charge is 2.34. The number of nitrogens with one attached hydrogen (secondary N) is 2. The minimum Gasteiger partial charge on any atom is -0.374 e. The normalized spacial score (nSPS) is 13.6. The number of nitrogens with zero attached hydrogens (tertiary/aromatic N) is 3. The van der Waals surface area contributed by atoms with Crippen LogP contribution in [0, 0.1) is 17.2 Å². The molecule has 1 fully saturated rings. The number of pyridine rings is 2. The topological polar surface area (TPSA) is 108 Å². The maximum absolute atomic E-state index is 12.3. The molecule has 1 aliphatic carbocycles. The highest BCUT2D eigenvalue weighted by Crippen LogP contribution is 2.37.